The maximum absolute atomic E-state index is 13.0. The van der Waals surface area contributed by atoms with E-state index in [2.05, 4.69) is 6.92 Å². The van der Waals surface area contributed by atoms with Gasteiger partial charge in [0.2, 0.25) is 0 Å². The molecule has 1 heterocycles. The van der Waals surface area contributed by atoms with Crippen molar-refractivity contribution in [3.8, 4) is 5.75 Å². The van der Waals surface area contributed by atoms with Crippen molar-refractivity contribution >= 4 is 11.7 Å². The minimum absolute atomic E-state index is 0.00614. The zero-order valence-corrected chi connectivity index (χ0v) is 15.7. The minimum Gasteiger partial charge on any atom is -0.481 e. The summed E-state index contributed by atoms with van der Waals surface area (Å²) in [7, 11) is 0. The van der Waals surface area contributed by atoms with E-state index in [9.17, 15) is 14.0 Å². The van der Waals surface area contributed by atoms with Gasteiger partial charge in [-0.15, -0.1) is 0 Å². The van der Waals surface area contributed by atoms with Gasteiger partial charge in [0.1, 0.15) is 11.6 Å². The van der Waals surface area contributed by atoms with Crippen LogP contribution in [0.1, 0.15) is 42.6 Å². The molecule has 0 aliphatic carbocycles. The number of hydrogen-bond donors (Lipinski definition) is 0. The normalized spacial score (nSPS) is 16.0. The van der Waals surface area contributed by atoms with Gasteiger partial charge in [0.05, 0.1) is 0 Å². The lowest BCUT2D eigenvalue weighted by Gasteiger charge is -2.32. The molecule has 0 aromatic heterocycles. The molecule has 2 aromatic rings. The second-order valence-electron chi connectivity index (χ2n) is 7.13. The van der Waals surface area contributed by atoms with Crippen LogP contribution in [0.3, 0.4) is 0 Å². The molecule has 27 heavy (non-hydrogen) atoms. The smallest absolute Gasteiger partial charge is 0.263 e. The number of amides is 1. The summed E-state index contributed by atoms with van der Waals surface area (Å²) in [5.74, 6) is 0.631. The zero-order chi connectivity index (χ0) is 19.4. The monoisotopic (exact) mass is 369 g/mol. The van der Waals surface area contributed by atoms with Crippen molar-refractivity contribution in [3.05, 3.63) is 65.5 Å². The molecule has 0 spiro atoms. The number of ether oxygens (including phenoxy) is 1. The van der Waals surface area contributed by atoms with E-state index in [-0.39, 0.29) is 17.5 Å². The van der Waals surface area contributed by atoms with E-state index in [0.717, 1.165) is 25.9 Å². The lowest BCUT2D eigenvalue weighted by molar-refractivity contribution is -0.139. The SMILES string of the molecule is CC1CCN(C(=O)C(C)Oc2ccc(C(=O)c3ccc(F)cc3)cc2)CC1. The lowest BCUT2D eigenvalue weighted by atomic mass is 9.99. The maximum Gasteiger partial charge on any atom is 0.263 e. The molecule has 1 amide bonds. The number of hydrogen-bond acceptors (Lipinski definition) is 3. The van der Waals surface area contributed by atoms with Crippen molar-refractivity contribution in [2.75, 3.05) is 13.1 Å². The van der Waals surface area contributed by atoms with Crippen LogP contribution in [0.5, 0.6) is 5.75 Å². The summed E-state index contributed by atoms with van der Waals surface area (Å²) < 4.78 is 18.7. The Morgan fingerprint density at radius 2 is 1.52 bits per heavy atom. The minimum atomic E-state index is -0.572. The van der Waals surface area contributed by atoms with Crippen LogP contribution in [-0.2, 0) is 4.79 Å². The molecule has 142 valence electrons. The third-order valence-electron chi connectivity index (χ3n) is 4.98. The first-order valence-corrected chi connectivity index (χ1v) is 9.30. The van der Waals surface area contributed by atoms with Crippen LogP contribution in [0.2, 0.25) is 0 Å². The van der Waals surface area contributed by atoms with Gasteiger partial charge in [-0.3, -0.25) is 9.59 Å². The highest BCUT2D eigenvalue weighted by molar-refractivity contribution is 6.09. The molecule has 0 N–H and O–H groups in total. The first-order valence-electron chi connectivity index (χ1n) is 9.30. The van der Waals surface area contributed by atoms with Crippen molar-refractivity contribution in [2.45, 2.75) is 32.8 Å². The number of likely N-dealkylation sites (tertiary alicyclic amines) is 1. The Morgan fingerprint density at radius 3 is 2.07 bits per heavy atom. The van der Waals surface area contributed by atoms with Gasteiger partial charge in [-0.1, -0.05) is 6.92 Å². The van der Waals surface area contributed by atoms with Gasteiger partial charge in [-0.2, -0.15) is 0 Å². The van der Waals surface area contributed by atoms with Gasteiger partial charge in [0.15, 0.2) is 11.9 Å². The number of carbonyl (C=O) groups excluding carboxylic acids is 2. The molecule has 1 fully saturated rings. The summed E-state index contributed by atoms with van der Waals surface area (Å²) in [6.07, 6.45) is 1.48. The Bertz CT molecular complexity index is 793. The number of ketones is 1. The predicted molar refractivity (Wildman–Crippen MR) is 101 cm³/mol. The highest BCUT2D eigenvalue weighted by atomic mass is 19.1. The number of piperidine rings is 1. The highest BCUT2D eigenvalue weighted by Gasteiger charge is 2.25. The Morgan fingerprint density at radius 1 is 1.00 bits per heavy atom. The molecule has 5 heteroatoms. The third-order valence-corrected chi connectivity index (χ3v) is 4.98. The average Bonchev–Trinajstić information content (AvgIpc) is 2.68. The number of carbonyl (C=O) groups is 2. The van der Waals surface area contributed by atoms with E-state index in [0.29, 0.717) is 22.8 Å². The first-order chi connectivity index (χ1) is 12.9. The van der Waals surface area contributed by atoms with E-state index >= 15 is 0 Å². The van der Waals surface area contributed by atoms with Crippen LogP contribution in [0, 0.1) is 11.7 Å². The average molecular weight is 369 g/mol. The summed E-state index contributed by atoms with van der Waals surface area (Å²) in [5, 5.41) is 0. The standard InChI is InChI=1S/C22H24FNO3/c1-15-11-13-24(14-12-15)22(26)16(2)27-20-9-5-18(6-10-20)21(25)17-3-7-19(23)8-4-17/h3-10,15-16H,11-14H2,1-2H3. The van der Waals surface area contributed by atoms with Crippen molar-refractivity contribution in [3.63, 3.8) is 0 Å². The Kier molecular flexibility index (Phi) is 5.89. The fourth-order valence-electron chi connectivity index (χ4n) is 3.19. The molecule has 1 saturated heterocycles. The molecule has 0 radical (unpaired) electrons. The zero-order valence-electron chi connectivity index (χ0n) is 15.7. The van der Waals surface area contributed by atoms with Crippen LogP contribution in [0.15, 0.2) is 48.5 Å². The molecule has 1 atom stereocenters. The van der Waals surface area contributed by atoms with Crippen LogP contribution in [0.25, 0.3) is 0 Å². The predicted octanol–water partition coefficient (Wildman–Crippen LogP) is 4.08. The fourth-order valence-corrected chi connectivity index (χ4v) is 3.19. The second-order valence-corrected chi connectivity index (χ2v) is 7.13. The van der Waals surface area contributed by atoms with Crippen molar-refractivity contribution in [1.82, 2.24) is 4.90 Å². The van der Waals surface area contributed by atoms with Crippen LogP contribution in [0.4, 0.5) is 4.39 Å². The molecular weight excluding hydrogens is 345 g/mol. The molecule has 0 bridgehead atoms. The number of benzene rings is 2. The van der Waals surface area contributed by atoms with Gasteiger partial charge >= 0.3 is 0 Å². The summed E-state index contributed by atoms with van der Waals surface area (Å²) in [5.41, 5.74) is 0.908. The van der Waals surface area contributed by atoms with Crippen LogP contribution >= 0.6 is 0 Å². The van der Waals surface area contributed by atoms with E-state index in [1.54, 1.807) is 31.2 Å². The molecule has 2 aromatic carbocycles. The topological polar surface area (TPSA) is 46.6 Å². The van der Waals surface area contributed by atoms with Gasteiger partial charge in [-0.25, -0.2) is 4.39 Å². The van der Waals surface area contributed by atoms with Crippen molar-refractivity contribution in [2.24, 2.45) is 5.92 Å². The van der Waals surface area contributed by atoms with E-state index < -0.39 is 6.10 Å². The largest absolute Gasteiger partial charge is 0.481 e. The van der Waals surface area contributed by atoms with Gasteiger partial charge in [0.25, 0.3) is 5.91 Å². The van der Waals surface area contributed by atoms with Gasteiger partial charge in [-0.05, 0) is 74.2 Å². The number of halogens is 1. The molecular formula is C22H24FNO3. The molecule has 4 nitrogen and oxygen atoms in total. The summed E-state index contributed by atoms with van der Waals surface area (Å²) in [6, 6.07) is 12.1. The molecule has 1 aliphatic heterocycles. The third kappa shape index (κ3) is 4.73. The summed E-state index contributed by atoms with van der Waals surface area (Å²) >= 11 is 0. The summed E-state index contributed by atoms with van der Waals surface area (Å²) in [6.45, 7) is 5.51. The van der Waals surface area contributed by atoms with E-state index in [1.165, 1.54) is 24.3 Å². The lowest BCUT2D eigenvalue weighted by Crippen LogP contribution is -2.44. The molecule has 1 aliphatic rings. The van der Waals surface area contributed by atoms with Crippen molar-refractivity contribution in [1.29, 1.82) is 0 Å². The van der Waals surface area contributed by atoms with Gasteiger partial charge < -0.3 is 9.64 Å². The quantitative estimate of drug-likeness (QED) is 0.746. The second kappa shape index (κ2) is 8.33. The summed E-state index contributed by atoms with van der Waals surface area (Å²) in [4.78, 5) is 26.8. The Hall–Kier alpha value is -2.69. The highest BCUT2D eigenvalue weighted by Crippen LogP contribution is 2.20. The fraction of sp³-hybridized carbons (Fsp3) is 0.364. The number of nitrogens with zero attached hydrogens (tertiary/aromatic N) is 1. The Balaban J connectivity index is 1.60. The molecule has 1 unspecified atom stereocenters. The Labute approximate surface area is 158 Å². The van der Waals surface area contributed by atoms with E-state index in [4.69, 9.17) is 4.74 Å². The van der Waals surface area contributed by atoms with Crippen LogP contribution < -0.4 is 4.74 Å². The van der Waals surface area contributed by atoms with Crippen molar-refractivity contribution < 1.29 is 18.7 Å². The molecule has 0 saturated carbocycles. The van der Waals surface area contributed by atoms with Gasteiger partial charge in [0, 0.05) is 24.2 Å². The number of rotatable bonds is 5. The van der Waals surface area contributed by atoms with Crippen LogP contribution in [-0.4, -0.2) is 35.8 Å². The maximum atomic E-state index is 13.0. The van der Waals surface area contributed by atoms with E-state index in [1.807, 2.05) is 4.90 Å². The molecule has 3 rings (SSSR count). The first kappa shape index (κ1) is 19.1.